The SMILES string of the molecule is CCOc1cc2c(cc1Nc1nc(Nc3cccc(F)c3C(=O)NC)c3ccn(S(=O)(=O)c4ccc(C)cc4)c3n1)N(C(=O)CN(C)C)CCC2. The molecule has 13 nitrogen and oxygen atoms in total. The van der Waals surface area contributed by atoms with Crippen LogP contribution in [-0.4, -0.2) is 79.9 Å². The zero-order chi connectivity index (χ0) is 36.4. The molecule has 3 aromatic carbocycles. The van der Waals surface area contributed by atoms with E-state index in [2.05, 4.69) is 20.9 Å². The van der Waals surface area contributed by atoms with Gasteiger partial charge in [-0.25, -0.2) is 16.8 Å². The van der Waals surface area contributed by atoms with E-state index in [0.29, 0.717) is 30.0 Å². The monoisotopic (exact) mass is 714 g/mol. The van der Waals surface area contributed by atoms with Gasteiger partial charge in [-0.3, -0.25) is 9.59 Å². The molecule has 0 aliphatic carbocycles. The molecule has 2 amide bonds. The summed E-state index contributed by atoms with van der Waals surface area (Å²) in [6.07, 6.45) is 2.92. The molecule has 0 saturated heterocycles. The summed E-state index contributed by atoms with van der Waals surface area (Å²) in [7, 11) is 0.933. The third-order valence-corrected chi connectivity index (χ3v) is 10.1. The van der Waals surface area contributed by atoms with E-state index < -0.39 is 21.7 Å². The van der Waals surface area contributed by atoms with Gasteiger partial charge in [0, 0.05) is 25.5 Å². The van der Waals surface area contributed by atoms with Crippen molar-refractivity contribution in [3.63, 3.8) is 0 Å². The van der Waals surface area contributed by atoms with Gasteiger partial charge in [-0.05, 0) is 88.8 Å². The van der Waals surface area contributed by atoms with Crippen LogP contribution in [0.25, 0.3) is 11.0 Å². The van der Waals surface area contributed by atoms with Gasteiger partial charge in [0.15, 0.2) is 5.65 Å². The lowest BCUT2D eigenvalue weighted by Crippen LogP contribution is -2.40. The molecular weight excluding hydrogens is 676 g/mol. The fourth-order valence-corrected chi connectivity index (χ4v) is 7.29. The van der Waals surface area contributed by atoms with E-state index in [1.807, 2.05) is 45.0 Å². The Balaban J connectivity index is 1.52. The van der Waals surface area contributed by atoms with Crippen LogP contribution in [0.15, 0.2) is 71.8 Å². The van der Waals surface area contributed by atoms with Crippen LogP contribution in [0.1, 0.15) is 34.8 Å². The van der Waals surface area contributed by atoms with Crippen LogP contribution in [0, 0.1) is 12.7 Å². The van der Waals surface area contributed by atoms with Crippen LogP contribution in [0.5, 0.6) is 5.75 Å². The van der Waals surface area contributed by atoms with Crippen LogP contribution in [0.4, 0.5) is 33.2 Å². The smallest absolute Gasteiger partial charge is 0.269 e. The van der Waals surface area contributed by atoms with Gasteiger partial charge in [-0.15, -0.1) is 0 Å². The maximum absolute atomic E-state index is 15.0. The highest BCUT2D eigenvalue weighted by atomic mass is 32.2. The lowest BCUT2D eigenvalue weighted by atomic mass is 10.00. The molecule has 0 spiro atoms. The number of nitrogens with zero attached hydrogens (tertiary/aromatic N) is 5. The molecule has 0 saturated carbocycles. The number of anilines is 5. The molecule has 0 bridgehead atoms. The molecule has 5 aromatic rings. The van der Waals surface area contributed by atoms with Gasteiger partial charge in [0.2, 0.25) is 11.9 Å². The molecule has 2 aromatic heterocycles. The van der Waals surface area contributed by atoms with Crippen LogP contribution >= 0.6 is 0 Å². The van der Waals surface area contributed by atoms with E-state index in [0.717, 1.165) is 33.6 Å². The Morgan fingerprint density at radius 3 is 2.49 bits per heavy atom. The Bertz CT molecular complexity index is 2240. The molecule has 3 N–H and O–H groups in total. The Hall–Kier alpha value is -5.54. The maximum atomic E-state index is 15.0. The van der Waals surface area contributed by atoms with Crippen molar-refractivity contribution >= 4 is 61.7 Å². The molecule has 1 aliphatic rings. The Kier molecular flexibility index (Phi) is 9.94. The fourth-order valence-electron chi connectivity index (χ4n) is 5.99. The maximum Gasteiger partial charge on any atom is 0.269 e. The average molecular weight is 715 g/mol. The number of ether oxygens (including phenoxy) is 1. The fraction of sp³-hybridized carbons (Fsp3) is 0.278. The standard InChI is InChI=1S/C36H39FN8O5S/c1-6-50-30-19-23-9-8-17-44(31(46)21-43(4)5)29(23)20-28(30)40-36-41-33(39-27-11-7-10-26(37)32(27)35(47)38-3)25-16-18-45(34(25)42-36)51(48,49)24-14-12-22(2)13-15-24/h7,10-16,18-20H,6,8-9,17,21H2,1-5H3,(H,38,47)(H2,39,40,41,42). The van der Waals surface area contributed by atoms with Crippen molar-refractivity contribution < 1.29 is 27.1 Å². The molecule has 266 valence electrons. The third kappa shape index (κ3) is 7.07. The van der Waals surface area contributed by atoms with Gasteiger partial charge >= 0.3 is 0 Å². The first-order valence-electron chi connectivity index (χ1n) is 16.4. The first-order valence-corrected chi connectivity index (χ1v) is 17.9. The van der Waals surface area contributed by atoms with Crippen LogP contribution in [0.2, 0.25) is 0 Å². The summed E-state index contributed by atoms with van der Waals surface area (Å²) in [5.41, 5.74) is 2.89. The lowest BCUT2D eigenvalue weighted by molar-refractivity contribution is -0.119. The number of halogens is 1. The minimum absolute atomic E-state index is 0.0205. The van der Waals surface area contributed by atoms with Crippen molar-refractivity contribution in [2.24, 2.45) is 0 Å². The number of amides is 2. The van der Waals surface area contributed by atoms with Crippen LogP contribution < -0.4 is 25.6 Å². The molecule has 0 unspecified atom stereocenters. The van der Waals surface area contributed by atoms with E-state index in [-0.39, 0.29) is 46.0 Å². The number of fused-ring (bicyclic) bond motifs is 2. The zero-order valence-corrected chi connectivity index (χ0v) is 29.8. The molecule has 51 heavy (non-hydrogen) atoms. The van der Waals surface area contributed by atoms with Gasteiger partial charge in [0.05, 0.1) is 40.4 Å². The summed E-state index contributed by atoms with van der Waals surface area (Å²) >= 11 is 0. The van der Waals surface area contributed by atoms with Crippen molar-refractivity contribution in [3.8, 4) is 5.75 Å². The summed E-state index contributed by atoms with van der Waals surface area (Å²) in [5, 5.41) is 8.99. The van der Waals surface area contributed by atoms with Crippen molar-refractivity contribution in [1.29, 1.82) is 0 Å². The second-order valence-electron chi connectivity index (χ2n) is 12.4. The Morgan fingerprint density at radius 1 is 1.02 bits per heavy atom. The van der Waals surface area contributed by atoms with E-state index >= 15 is 0 Å². The van der Waals surface area contributed by atoms with Crippen LogP contribution in [-0.2, 0) is 21.2 Å². The summed E-state index contributed by atoms with van der Waals surface area (Å²) in [4.78, 5) is 39.0. The van der Waals surface area contributed by atoms with E-state index in [9.17, 15) is 22.4 Å². The second kappa shape index (κ2) is 14.4. The first kappa shape index (κ1) is 35.3. The highest BCUT2D eigenvalue weighted by molar-refractivity contribution is 7.90. The van der Waals surface area contributed by atoms with Gasteiger partial charge < -0.3 is 30.5 Å². The molecule has 0 fully saturated rings. The van der Waals surface area contributed by atoms with E-state index in [1.54, 1.807) is 17.0 Å². The minimum Gasteiger partial charge on any atom is -0.492 e. The third-order valence-electron chi connectivity index (χ3n) is 8.41. The van der Waals surface area contributed by atoms with Gasteiger partial charge in [0.1, 0.15) is 17.4 Å². The van der Waals surface area contributed by atoms with Crippen molar-refractivity contribution in [2.45, 2.75) is 31.6 Å². The number of hydrogen-bond acceptors (Lipinski definition) is 10. The van der Waals surface area contributed by atoms with Gasteiger partial charge in [-0.2, -0.15) is 9.97 Å². The molecule has 6 rings (SSSR count). The number of likely N-dealkylation sites (N-methyl/N-ethyl adjacent to an activating group) is 1. The first-order chi connectivity index (χ1) is 24.4. The topological polar surface area (TPSA) is 151 Å². The molecular formula is C36H39FN8O5S. The zero-order valence-electron chi connectivity index (χ0n) is 28.9. The molecule has 0 radical (unpaired) electrons. The number of carbonyl (C=O) groups excluding carboxylic acids is 2. The number of carbonyl (C=O) groups is 2. The minimum atomic E-state index is -4.13. The quantitative estimate of drug-likeness (QED) is 0.167. The number of aromatic nitrogens is 3. The summed E-state index contributed by atoms with van der Waals surface area (Å²) in [6.45, 7) is 4.85. The highest BCUT2D eigenvalue weighted by Crippen LogP contribution is 2.39. The normalized spacial score (nSPS) is 12.9. The summed E-state index contributed by atoms with van der Waals surface area (Å²) in [5.74, 6) is -0.902. The average Bonchev–Trinajstić information content (AvgIpc) is 3.53. The number of benzene rings is 3. The molecule has 1 aliphatic heterocycles. The number of nitrogens with one attached hydrogen (secondary N) is 3. The largest absolute Gasteiger partial charge is 0.492 e. The lowest BCUT2D eigenvalue weighted by Gasteiger charge is -2.31. The molecule has 0 atom stereocenters. The highest BCUT2D eigenvalue weighted by Gasteiger charge is 2.27. The van der Waals surface area contributed by atoms with E-state index in [1.165, 1.54) is 49.6 Å². The predicted octanol–water partition coefficient (Wildman–Crippen LogP) is 5.20. The van der Waals surface area contributed by atoms with Crippen LogP contribution in [0.3, 0.4) is 0 Å². The molecule has 15 heteroatoms. The van der Waals surface area contributed by atoms with Gasteiger partial charge in [-0.1, -0.05) is 23.8 Å². The van der Waals surface area contributed by atoms with Crippen molar-refractivity contribution in [2.75, 3.05) is 56.4 Å². The van der Waals surface area contributed by atoms with E-state index in [4.69, 9.17) is 9.72 Å². The van der Waals surface area contributed by atoms with Crippen molar-refractivity contribution in [3.05, 3.63) is 89.4 Å². The number of rotatable bonds is 11. The molecule has 3 heterocycles. The summed E-state index contributed by atoms with van der Waals surface area (Å²) < 4.78 is 50.0. The number of hydrogen-bond donors (Lipinski definition) is 3. The van der Waals surface area contributed by atoms with Crippen molar-refractivity contribution in [1.82, 2.24) is 24.2 Å². The summed E-state index contributed by atoms with van der Waals surface area (Å²) in [6, 6.07) is 15.8. The predicted molar refractivity (Wildman–Crippen MR) is 194 cm³/mol. The Morgan fingerprint density at radius 2 is 1.78 bits per heavy atom. The number of aryl methyl sites for hydroxylation is 2. The Labute approximate surface area is 295 Å². The second-order valence-corrected chi connectivity index (χ2v) is 14.2. The van der Waals surface area contributed by atoms with Gasteiger partial charge in [0.25, 0.3) is 15.9 Å².